The molecule has 0 radical (unpaired) electrons. The van der Waals surface area contributed by atoms with Gasteiger partial charge in [0.2, 0.25) is 0 Å². The van der Waals surface area contributed by atoms with Crippen LogP contribution in [0.3, 0.4) is 0 Å². The maximum absolute atomic E-state index is 5.65. The first-order chi connectivity index (χ1) is 5.27. The highest BCUT2D eigenvalue weighted by atomic mass is 79.9. The van der Waals surface area contributed by atoms with Gasteiger partial charge >= 0.3 is 0 Å². The van der Waals surface area contributed by atoms with Crippen LogP contribution in [0.4, 0.5) is 5.69 Å². The Labute approximate surface area is 72.1 Å². The van der Waals surface area contributed by atoms with Crippen LogP contribution in [0.25, 0.3) is 11.0 Å². The molecule has 11 heavy (non-hydrogen) atoms. The highest BCUT2D eigenvalue weighted by Crippen LogP contribution is 2.27. The largest absolute Gasteiger partial charge is 0.447 e. The maximum atomic E-state index is 5.65. The standard InChI is InChI=1S/C8H6BrNO/c9-7-4-5-2-1-3-6(10)8(5)11-7/h1-4H,10H2. The molecule has 56 valence electrons. The lowest BCUT2D eigenvalue weighted by Crippen LogP contribution is -1.82. The SMILES string of the molecule is Nc1cccc2cc(Br)oc12. The molecule has 1 aromatic heterocycles. The molecule has 0 spiro atoms. The molecule has 2 rings (SSSR count). The molecule has 2 N–H and O–H groups in total. The quantitative estimate of drug-likeness (QED) is 0.682. The third-order valence-electron chi connectivity index (χ3n) is 1.54. The van der Waals surface area contributed by atoms with Gasteiger partial charge in [-0.1, -0.05) is 12.1 Å². The van der Waals surface area contributed by atoms with Crippen LogP contribution in [-0.2, 0) is 0 Å². The Kier molecular flexibility index (Phi) is 1.39. The average molecular weight is 212 g/mol. The number of rotatable bonds is 0. The van der Waals surface area contributed by atoms with E-state index in [1.165, 1.54) is 0 Å². The van der Waals surface area contributed by atoms with Gasteiger partial charge in [-0.2, -0.15) is 0 Å². The van der Waals surface area contributed by atoms with E-state index in [0.717, 1.165) is 11.0 Å². The molecule has 0 atom stereocenters. The minimum atomic E-state index is 0.674. The summed E-state index contributed by atoms with van der Waals surface area (Å²) in [5.74, 6) is 0. The summed E-state index contributed by atoms with van der Waals surface area (Å²) < 4.78 is 6.00. The van der Waals surface area contributed by atoms with Gasteiger partial charge in [0.05, 0.1) is 5.69 Å². The molecule has 0 saturated carbocycles. The first-order valence-electron chi connectivity index (χ1n) is 3.21. The van der Waals surface area contributed by atoms with Crippen molar-refractivity contribution in [2.45, 2.75) is 0 Å². The lowest BCUT2D eigenvalue weighted by Gasteiger charge is -1.91. The zero-order valence-corrected chi connectivity index (χ0v) is 7.26. The summed E-state index contributed by atoms with van der Waals surface area (Å²) >= 11 is 3.24. The molecule has 0 aliphatic carbocycles. The second-order valence-corrected chi connectivity index (χ2v) is 3.10. The van der Waals surface area contributed by atoms with Crippen LogP contribution in [0.15, 0.2) is 33.4 Å². The third-order valence-corrected chi connectivity index (χ3v) is 1.94. The number of nitrogen functional groups attached to an aromatic ring is 1. The number of hydrogen-bond acceptors (Lipinski definition) is 2. The fraction of sp³-hybridized carbons (Fsp3) is 0. The molecule has 0 saturated heterocycles. The van der Waals surface area contributed by atoms with Gasteiger partial charge in [-0.25, -0.2) is 0 Å². The van der Waals surface area contributed by atoms with Crippen molar-refractivity contribution in [2.75, 3.05) is 5.73 Å². The number of furan rings is 1. The van der Waals surface area contributed by atoms with Gasteiger partial charge in [0, 0.05) is 5.39 Å². The first kappa shape index (κ1) is 6.73. The number of fused-ring (bicyclic) bond motifs is 1. The summed E-state index contributed by atoms with van der Waals surface area (Å²) in [6, 6.07) is 7.57. The predicted octanol–water partition coefficient (Wildman–Crippen LogP) is 2.78. The molecule has 0 aliphatic heterocycles. The molecule has 2 nitrogen and oxygen atoms in total. The van der Waals surface area contributed by atoms with E-state index >= 15 is 0 Å². The number of benzene rings is 1. The van der Waals surface area contributed by atoms with Gasteiger partial charge in [0.25, 0.3) is 0 Å². The van der Waals surface area contributed by atoms with Crippen molar-refractivity contribution in [1.29, 1.82) is 0 Å². The Morgan fingerprint density at radius 1 is 1.36 bits per heavy atom. The summed E-state index contributed by atoms with van der Waals surface area (Å²) in [6.07, 6.45) is 0. The summed E-state index contributed by atoms with van der Waals surface area (Å²) in [6.45, 7) is 0. The van der Waals surface area contributed by atoms with Crippen LogP contribution < -0.4 is 5.73 Å². The minimum Gasteiger partial charge on any atom is -0.447 e. The molecule has 1 aromatic carbocycles. The van der Waals surface area contributed by atoms with Crippen LogP contribution in [0.1, 0.15) is 0 Å². The van der Waals surface area contributed by atoms with Gasteiger partial charge < -0.3 is 10.2 Å². The Balaban J connectivity index is 2.90. The van der Waals surface area contributed by atoms with E-state index in [9.17, 15) is 0 Å². The van der Waals surface area contributed by atoms with E-state index in [1.807, 2.05) is 24.3 Å². The number of halogens is 1. The second-order valence-electron chi connectivity index (χ2n) is 2.32. The number of anilines is 1. The third kappa shape index (κ3) is 1.01. The van der Waals surface area contributed by atoms with Crippen LogP contribution in [0, 0.1) is 0 Å². The summed E-state index contributed by atoms with van der Waals surface area (Å²) in [5, 5.41) is 1.02. The molecular weight excluding hydrogens is 206 g/mol. The topological polar surface area (TPSA) is 39.2 Å². The average Bonchev–Trinajstić information content (AvgIpc) is 2.31. The smallest absolute Gasteiger partial charge is 0.170 e. The Bertz CT molecular complexity index is 394. The van der Waals surface area contributed by atoms with Gasteiger partial charge in [-0.15, -0.1) is 0 Å². The highest BCUT2D eigenvalue weighted by Gasteiger charge is 2.02. The van der Waals surface area contributed by atoms with Gasteiger partial charge in [0.1, 0.15) is 0 Å². The molecule has 0 unspecified atom stereocenters. The zero-order valence-electron chi connectivity index (χ0n) is 5.67. The fourth-order valence-corrected chi connectivity index (χ4v) is 1.46. The van der Waals surface area contributed by atoms with E-state index < -0.39 is 0 Å². The summed E-state index contributed by atoms with van der Waals surface area (Å²) in [4.78, 5) is 0. The minimum absolute atomic E-state index is 0.674. The monoisotopic (exact) mass is 211 g/mol. The van der Waals surface area contributed by atoms with Crippen molar-refractivity contribution in [3.8, 4) is 0 Å². The Morgan fingerprint density at radius 3 is 2.91 bits per heavy atom. The zero-order chi connectivity index (χ0) is 7.84. The number of hydrogen-bond donors (Lipinski definition) is 1. The van der Waals surface area contributed by atoms with Crippen LogP contribution in [-0.4, -0.2) is 0 Å². The Hall–Kier alpha value is -0.960. The van der Waals surface area contributed by atoms with Crippen molar-refractivity contribution in [3.05, 3.63) is 28.9 Å². The van der Waals surface area contributed by atoms with Crippen molar-refractivity contribution in [3.63, 3.8) is 0 Å². The fourth-order valence-electron chi connectivity index (χ4n) is 1.05. The molecule has 0 aliphatic rings. The van der Waals surface area contributed by atoms with Crippen molar-refractivity contribution < 1.29 is 4.42 Å². The molecule has 0 amide bonds. The molecule has 0 bridgehead atoms. The summed E-state index contributed by atoms with van der Waals surface area (Å²) in [5.41, 5.74) is 7.08. The lowest BCUT2D eigenvalue weighted by atomic mass is 10.2. The van der Waals surface area contributed by atoms with E-state index in [2.05, 4.69) is 15.9 Å². The Morgan fingerprint density at radius 2 is 2.18 bits per heavy atom. The van der Waals surface area contributed by atoms with Gasteiger partial charge in [-0.3, -0.25) is 0 Å². The number of nitrogens with two attached hydrogens (primary N) is 1. The van der Waals surface area contributed by atoms with E-state index in [4.69, 9.17) is 10.2 Å². The van der Waals surface area contributed by atoms with Crippen molar-refractivity contribution in [2.24, 2.45) is 0 Å². The van der Waals surface area contributed by atoms with Crippen LogP contribution >= 0.6 is 15.9 Å². The maximum Gasteiger partial charge on any atom is 0.170 e. The molecular formula is C8H6BrNO. The van der Waals surface area contributed by atoms with E-state index in [1.54, 1.807) is 0 Å². The van der Waals surface area contributed by atoms with Crippen LogP contribution in [0.2, 0.25) is 0 Å². The molecule has 2 aromatic rings. The predicted molar refractivity (Wildman–Crippen MR) is 48.3 cm³/mol. The van der Waals surface area contributed by atoms with Gasteiger partial charge in [-0.05, 0) is 28.1 Å². The molecule has 1 heterocycles. The van der Waals surface area contributed by atoms with E-state index in [0.29, 0.717) is 10.4 Å². The van der Waals surface area contributed by atoms with Gasteiger partial charge in [0.15, 0.2) is 10.3 Å². The van der Waals surface area contributed by atoms with Crippen LogP contribution in [0.5, 0.6) is 0 Å². The molecule has 3 heteroatoms. The molecule has 0 fully saturated rings. The number of para-hydroxylation sites is 1. The lowest BCUT2D eigenvalue weighted by molar-refractivity contribution is 0.588. The van der Waals surface area contributed by atoms with E-state index in [-0.39, 0.29) is 0 Å². The second kappa shape index (κ2) is 2.27. The van der Waals surface area contributed by atoms with Crippen molar-refractivity contribution >= 4 is 32.6 Å². The normalized spacial score (nSPS) is 10.6. The highest BCUT2D eigenvalue weighted by molar-refractivity contribution is 9.10. The first-order valence-corrected chi connectivity index (χ1v) is 4.00. The van der Waals surface area contributed by atoms with Crippen molar-refractivity contribution in [1.82, 2.24) is 0 Å². The summed E-state index contributed by atoms with van der Waals surface area (Å²) in [7, 11) is 0.